The molecule has 0 bridgehead atoms. The number of methoxy groups -OCH3 is 1. The minimum atomic E-state index is -0.470. The van der Waals surface area contributed by atoms with Gasteiger partial charge in [-0.15, -0.1) is 6.58 Å². The van der Waals surface area contributed by atoms with Gasteiger partial charge >= 0.3 is 0 Å². The van der Waals surface area contributed by atoms with Gasteiger partial charge in [0.15, 0.2) is 5.82 Å². The van der Waals surface area contributed by atoms with E-state index in [1.807, 2.05) is 0 Å². The Bertz CT molecular complexity index is 1230. The van der Waals surface area contributed by atoms with Crippen LogP contribution in [0.5, 0.6) is 5.88 Å². The lowest BCUT2D eigenvalue weighted by atomic mass is 9.88. The number of amides is 1. The van der Waals surface area contributed by atoms with Gasteiger partial charge in [-0.3, -0.25) is 4.79 Å². The molecule has 1 aliphatic heterocycles. The molecule has 0 spiro atoms. The van der Waals surface area contributed by atoms with Crippen LogP contribution >= 0.6 is 0 Å². The quantitative estimate of drug-likeness (QED) is 0.584. The van der Waals surface area contributed by atoms with Crippen molar-refractivity contribution in [2.45, 2.75) is 19.4 Å². The molecule has 164 valence electrons. The second-order valence-corrected chi connectivity index (χ2v) is 7.34. The highest BCUT2D eigenvalue weighted by atomic mass is 19.1. The molecule has 1 unspecified atom stereocenters. The standard InChI is InChI=1S/C22H22FN7O2/c1-4-7-30-17(9-15-18(21(30)31)11(2)27-22(25)29-15)13-6-5-12(23)8-14(13)16-10-26-19(24)20(28-16)32-3/h4-6,8,10,17H,1,7,9H2,2-3H3,(H2,24,26)(H2,25,27,29). The molecule has 1 amide bonds. The summed E-state index contributed by atoms with van der Waals surface area (Å²) < 4.78 is 19.5. The number of nitrogen functional groups attached to an aromatic ring is 2. The summed E-state index contributed by atoms with van der Waals surface area (Å²) in [5.41, 5.74) is 14.6. The maximum absolute atomic E-state index is 14.3. The third-order valence-electron chi connectivity index (χ3n) is 5.36. The molecular formula is C22H22FN7O2. The first-order valence-corrected chi connectivity index (χ1v) is 9.85. The summed E-state index contributed by atoms with van der Waals surface area (Å²) in [6, 6.07) is 3.85. The van der Waals surface area contributed by atoms with Crippen molar-refractivity contribution in [2.24, 2.45) is 0 Å². The van der Waals surface area contributed by atoms with Gasteiger partial charge in [0.2, 0.25) is 5.95 Å². The van der Waals surface area contributed by atoms with Crippen LogP contribution in [0.25, 0.3) is 11.3 Å². The van der Waals surface area contributed by atoms with Crippen LogP contribution < -0.4 is 16.2 Å². The van der Waals surface area contributed by atoms with Crippen LogP contribution in [0.3, 0.4) is 0 Å². The molecule has 1 aromatic carbocycles. The van der Waals surface area contributed by atoms with Gasteiger partial charge in [0.25, 0.3) is 11.8 Å². The Balaban J connectivity index is 1.90. The van der Waals surface area contributed by atoms with Gasteiger partial charge < -0.3 is 21.1 Å². The molecule has 3 aromatic rings. The van der Waals surface area contributed by atoms with Crippen LogP contribution in [-0.4, -0.2) is 44.4 Å². The molecule has 0 saturated heterocycles. The van der Waals surface area contributed by atoms with E-state index < -0.39 is 11.9 Å². The van der Waals surface area contributed by atoms with Crippen molar-refractivity contribution in [1.29, 1.82) is 0 Å². The topological polar surface area (TPSA) is 133 Å². The summed E-state index contributed by atoms with van der Waals surface area (Å²) in [5, 5.41) is 0. The molecule has 0 fully saturated rings. The van der Waals surface area contributed by atoms with Crippen molar-refractivity contribution in [3.8, 4) is 17.1 Å². The molecule has 1 aliphatic rings. The van der Waals surface area contributed by atoms with Crippen LogP contribution in [0.4, 0.5) is 16.2 Å². The molecule has 9 nitrogen and oxygen atoms in total. The maximum atomic E-state index is 14.3. The second kappa shape index (κ2) is 8.22. The number of rotatable bonds is 5. The first kappa shape index (κ1) is 21.2. The Morgan fingerprint density at radius 1 is 1.31 bits per heavy atom. The number of fused-ring (bicyclic) bond motifs is 1. The minimum absolute atomic E-state index is 0.0958. The van der Waals surface area contributed by atoms with Gasteiger partial charge in [0.1, 0.15) is 5.82 Å². The summed E-state index contributed by atoms with van der Waals surface area (Å²) in [6.45, 7) is 5.78. The lowest BCUT2D eigenvalue weighted by Gasteiger charge is -2.37. The maximum Gasteiger partial charge on any atom is 0.258 e. The zero-order valence-electron chi connectivity index (χ0n) is 17.7. The number of halogens is 1. The van der Waals surface area contributed by atoms with Crippen molar-refractivity contribution in [3.63, 3.8) is 0 Å². The molecular weight excluding hydrogens is 413 g/mol. The normalized spacial score (nSPS) is 15.4. The van der Waals surface area contributed by atoms with Gasteiger partial charge in [-0.25, -0.2) is 24.3 Å². The van der Waals surface area contributed by atoms with Gasteiger partial charge in [-0.1, -0.05) is 12.1 Å². The number of hydrogen-bond donors (Lipinski definition) is 2. The van der Waals surface area contributed by atoms with E-state index in [-0.39, 0.29) is 30.1 Å². The number of ether oxygens (including phenoxy) is 1. The molecule has 4 rings (SSSR count). The number of carbonyl (C=O) groups is 1. The van der Waals surface area contributed by atoms with Gasteiger partial charge in [-0.05, 0) is 24.6 Å². The Morgan fingerprint density at radius 2 is 2.09 bits per heavy atom. The average Bonchev–Trinajstić information content (AvgIpc) is 2.75. The summed E-state index contributed by atoms with van der Waals surface area (Å²) in [4.78, 5) is 32.0. The lowest BCUT2D eigenvalue weighted by molar-refractivity contribution is 0.0670. The Kier molecular flexibility index (Phi) is 5.43. The second-order valence-electron chi connectivity index (χ2n) is 7.34. The van der Waals surface area contributed by atoms with Gasteiger partial charge in [0, 0.05) is 18.5 Å². The smallest absolute Gasteiger partial charge is 0.258 e. The number of aryl methyl sites for hydroxylation is 1. The number of carbonyl (C=O) groups excluding carboxylic acids is 1. The van der Waals surface area contributed by atoms with Crippen molar-refractivity contribution in [1.82, 2.24) is 24.8 Å². The number of aromatic nitrogens is 4. The molecule has 3 heterocycles. The Morgan fingerprint density at radius 3 is 2.81 bits per heavy atom. The average molecular weight is 435 g/mol. The summed E-state index contributed by atoms with van der Waals surface area (Å²) in [5.74, 6) is -0.362. The molecule has 0 saturated carbocycles. The van der Waals surface area contributed by atoms with E-state index >= 15 is 0 Å². The molecule has 4 N–H and O–H groups in total. The third-order valence-corrected chi connectivity index (χ3v) is 5.36. The van der Waals surface area contributed by atoms with Gasteiger partial charge in [-0.2, -0.15) is 0 Å². The minimum Gasteiger partial charge on any atom is -0.478 e. The zero-order valence-corrected chi connectivity index (χ0v) is 17.7. The number of anilines is 2. The van der Waals surface area contributed by atoms with Crippen LogP contribution in [0, 0.1) is 12.7 Å². The van der Waals surface area contributed by atoms with Crippen molar-refractivity contribution in [2.75, 3.05) is 25.1 Å². The molecule has 32 heavy (non-hydrogen) atoms. The Labute approximate surface area is 184 Å². The van der Waals surface area contributed by atoms with E-state index in [9.17, 15) is 9.18 Å². The van der Waals surface area contributed by atoms with Crippen LogP contribution in [-0.2, 0) is 6.42 Å². The van der Waals surface area contributed by atoms with E-state index in [0.717, 1.165) is 0 Å². The molecule has 0 radical (unpaired) electrons. The molecule has 0 aliphatic carbocycles. The largest absolute Gasteiger partial charge is 0.478 e. The van der Waals surface area contributed by atoms with E-state index in [1.54, 1.807) is 24.0 Å². The number of nitrogens with zero attached hydrogens (tertiary/aromatic N) is 5. The predicted molar refractivity (Wildman–Crippen MR) is 117 cm³/mol. The highest BCUT2D eigenvalue weighted by molar-refractivity contribution is 5.98. The SMILES string of the molecule is C=CCN1C(=O)c2c(C)nc(N)nc2CC1c1ccc(F)cc1-c1cnc(N)c(OC)n1. The summed E-state index contributed by atoms with van der Waals surface area (Å²) >= 11 is 0. The van der Waals surface area contributed by atoms with Crippen LogP contribution in [0.2, 0.25) is 0 Å². The van der Waals surface area contributed by atoms with E-state index in [2.05, 4.69) is 26.5 Å². The molecule has 1 atom stereocenters. The van der Waals surface area contributed by atoms with E-state index in [1.165, 1.54) is 25.4 Å². The van der Waals surface area contributed by atoms with E-state index in [4.69, 9.17) is 16.2 Å². The van der Waals surface area contributed by atoms with Crippen molar-refractivity contribution >= 4 is 17.7 Å². The summed E-state index contributed by atoms with van der Waals surface area (Å²) in [6.07, 6.45) is 3.44. The monoisotopic (exact) mass is 435 g/mol. The Hall–Kier alpha value is -4.08. The van der Waals surface area contributed by atoms with Crippen LogP contribution in [0.15, 0.2) is 37.1 Å². The molecule has 2 aromatic heterocycles. The zero-order chi connectivity index (χ0) is 23.0. The highest BCUT2D eigenvalue weighted by Gasteiger charge is 2.36. The highest BCUT2D eigenvalue weighted by Crippen LogP contribution is 2.38. The number of nitrogens with two attached hydrogens (primary N) is 2. The fraction of sp³-hybridized carbons (Fsp3) is 0.227. The third kappa shape index (κ3) is 3.59. The summed E-state index contributed by atoms with van der Waals surface area (Å²) in [7, 11) is 1.42. The first-order chi connectivity index (χ1) is 15.3. The fourth-order valence-corrected chi connectivity index (χ4v) is 3.99. The van der Waals surface area contributed by atoms with Gasteiger partial charge in [0.05, 0.1) is 42.0 Å². The first-order valence-electron chi connectivity index (χ1n) is 9.85. The fourth-order valence-electron chi connectivity index (χ4n) is 3.99. The lowest BCUT2D eigenvalue weighted by Crippen LogP contribution is -2.42. The van der Waals surface area contributed by atoms with E-state index in [0.29, 0.717) is 40.2 Å². The van der Waals surface area contributed by atoms with Crippen molar-refractivity contribution < 1.29 is 13.9 Å². The molecule has 10 heteroatoms. The van der Waals surface area contributed by atoms with Crippen LogP contribution in [0.1, 0.15) is 33.4 Å². The number of hydrogen-bond acceptors (Lipinski definition) is 8. The number of benzene rings is 1. The predicted octanol–water partition coefficient (Wildman–Crippen LogP) is 2.48. The van der Waals surface area contributed by atoms with Crippen molar-refractivity contribution in [3.05, 3.63) is 65.4 Å².